The lowest BCUT2D eigenvalue weighted by molar-refractivity contribution is -0.384. The normalized spacial score (nSPS) is 13.9. The van der Waals surface area contributed by atoms with Gasteiger partial charge in [-0.2, -0.15) is 4.98 Å². The predicted molar refractivity (Wildman–Crippen MR) is 91.5 cm³/mol. The number of hydrogen-bond donors (Lipinski definition) is 2. The van der Waals surface area contributed by atoms with Crippen molar-refractivity contribution in [3.63, 3.8) is 0 Å². The number of anilines is 2. The summed E-state index contributed by atoms with van der Waals surface area (Å²) in [6.07, 6.45) is 2.65. The maximum atomic E-state index is 11.6. The van der Waals surface area contributed by atoms with Crippen LogP contribution in [0.4, 0.5) is 17.5 Å². The number of amides is 1. The number of nitrogens with one attached hydrogen (secondary N) is 1. The molecule has 2 heterocycles. The van der Waals surface area contributed by atoms with Crippen LogP contribution in [0.2, 0.25) is 0 Å². The Bertz CT molecular complexity index is 793. The van der Waals surface area contributed by atoms with Crippen LogP contribution in [-0.4, -0.2) is 32.2 Å². The molecular formula is C16H18N6O3. The van der Waals surface area contributed by atoms with Gasteiger partial charge in [-0.25, -0.2) is 4.98 Å². The molecule has 1 aromatic heterocycles. The van der Waals surface area contributed by atoms with E-state index in [-0.39, 0.29) is 23.4 Å². The van der Waals surface area contributed by atoms with E-state index in [0.29, 0.717) is 19.5 Å². The van der Waals surface area contributed by atoms with Crippen LogP contribution in [-0.2, 0) is 17.9 Å². The number of nitrogens with zero attached hydrogens (tertiary/aromatic N) is 4. The highest BCUT2D eigenvalue weighted by Gasteiger charge is 2.19. The molecule has 1 aromatic carbocycles. The first-order valence-electron chi connectivity index (χ1n) is 7.89. The summed E-state index contributed by atoms with van der Waals surface area (Å²) < 4.78 is 0. The summed E-state index contributed by atoms with van der Waals surface area (Å²) in [5.41, 5.74) is 7.30. The van der Waals surface area contributed by atoms with Crippen LogP contribution < -0.4 is 11.1 Å². The Morgan fingerprint density at radius 3 is 2.60 bits per heavy atom. The highest BCUT2D eigenvalue weighted by Crippen LogP contribution is 2.19. The van der Waals surface area contributed by atoms with Crippen molar-refractivity contribution in [1.82, 2.24) is 14.9 Å². The van der Waals surface area contributed by atoms with E-state index < -0.39 is 4.92 Å². The Balaban J connectivity index is 1.57. The van der Waals surface area contributed by atoms with Crippen molar-refractivity contribution in [2.24, 2.45) is 0 Å². The molecule has 1 aliphatic rings. The Hall–Kier alpha value is -3.23. The van der Waals surface area contributed by atoms with Gasteiger partial charge in [-0.1, -0.05) is 24.3 Å². The Labute approximate surface area is 144 Å². The molecule has 0 unspecified atom stereocenters. The van der Waals surface area contributed by atoms with E-state index in [2.05, 4.69) is 15.3 Å². The van der Waals surface area contributed by atoms with Crippen LogP contribution in [0.15, 0.2) is 30.5 Å². The van der Waals surface area contributed by atoms with E-state index in [4.69, 9.17) is 5.73 Å². The first-order valence-corrected chi connectivity index (χ1v) is 7.89. The molecule has 1 amide bonds. The zero-order valence-corrected chi connectivity index (χ0v) is 13.5. The van der Waals surface area contributed by atoms with Crippen LogP contribution >= 0.6 is 0 Å². The van der Waals surface area contributed by atoms with E-state index >= 15 is 0 Å². The van der Waals surface area contributed by atoms with E-state index in [9.17, 15) is 14.9 Å². The minimum Gasteiger partial charge on any atom is -0.378 e. The average molecular weight is 342 g/mol. The quantitative estimate of drug-likeness (QED) is 0.604. The molecule has 0 radical (unpaired) electrons. The minimum absolute atomic E-state index is 0.173. The van der Waals surface area contributed by atoms with Gasteiger partial charge in [-0.3, -0.25) is 14.9 Å². The molecule has 0 bridgehead atoms. The first kappa shape index (κ1) is 16.6. The third kappa shape index (κ3) is 4.00. The summed E-state index contributed by atoms with van der Waals surface area (Å²) in [6, 6.07) is 7.87. The lowest BCUT2D eigenvalue weighted by Crippen LogP contribution is -2.23. The van der Waals surface area contributed by atoms with Crippen molar-refractivity contribution in [1.29, 1.82) is 0 Å². The number of nitrogen functional groups attached to an aromatic ring is 1. The Morgan fingerprint density at radius 2 is 2.00 bits per heavy atom. The first-order chi connectivity index (χ1) is 12.0. The van der Waals surface area contributed by atoms with Crippen LogP contribution in [0.3, 0.4) is 0 Å². The van der Waals surface area contributed by atoms with Gasteiger partial charge in [0, 0.05) is 26.1 Å². The molecule has 0 aliphatic carbocycles. The van der Waals surface area contributed by atoms with Gasteiger partial charge in [-0.05, 0) is 17.5 Å². The largest absolute Gasteiger partial charge is 0.378 e. The fourth-order valence-corrected chi connectivity index (χ4v) is 2.65. The van der Waals surface area contributed by atoms with Gasteiger partial charge in [0.15, 0.2) is 0 Å². The number of hydrogen-bond acceptors (Lipinski definition) is 7. The fourth-order valence-electron chi connectivity index (χ4n) is 2.65. The van der Waals surface area contributed by atoms with E-state index in [1.807, 2.05) is 29.2 Å². The molecule has 0 atom stereocenters. The SMILES string of the molecule is Nc1nc(NCc2ccc(CN3CCCC3=O)cc2)ncc1[N+](=O)[O-]. The monoisotopic (exact) mass is 342 g/mol. The second kappa shape index (κ2) is 7.12. The average Bonchev–Trinajstić information content (AvgIpc) is 2.99. The minimum atomic E-state index is -0.622. The molecule has 1 fully saturated rings. The number of nitro groups is 1. The molecule has 0 saturated carbocycles. The molecule has 1 saturated heterocycles. The van der Waals surface area contributed by atoms with Crippen LogP contribution in [0, 0.1) is 10.1 Å². The molecule has 0 spiro atoms. The topological polar surface area (TPSA) is 127 Å². The van der Waals surface area contributed by atoms with Gasteiger partial charge in [0.05, 0.1) is 4.92 Å². The number of rotatable bonds is 6. The molecule has 9 heteroatoms. The third-order valence-electron chi connectivity index (χ3n) is 4.01. The summed E-state index contributed by atoms with van der Waals surface area (Å²) in [7, 11) is 0. The summed E-state index contributed by atoms with van der Waals surface area (Å²) in [4.78, 5) is 31.3. The zero-order valence-electron chi connectivity index (χ0n) is 13.5. The number of carbonyl (C=O) groups is 1. The fraction of sp³-hybridized carbons (Fsp3) is 0.312. The highest BCUT2D eigenvalue weighted by atomic mass is 16.6. The van der Waals surface area contributed by atoms with Gasteiger partial charge < -0.3 is 16.0 Å². The third-order valence-corrected chi connectivity index (χ3v) is 4.01. The molecule has 1 aliphatic heterocycles. The van der Waals surface area contributed by atoms with Gasteiger partial charge in [0.2, 0.25) is 17.7 Å². The van der Waals surface area contributed by atoms with Gasteiger partial charge in [0.1, 0.15) is 6.20 Å². The zero-order chi connectivity index (χ0) is 17.8. The lowest BCUT2D eigenvalue weighted by atomic mass is 10.1. The second-order valence-corrected chi connectivity index (χ2v) is 5.81. The van der Waals surface area contributed by atoms with Gasteiger partial charge in [-0.15, -0.1) is 0 Å². The van der Waals surface area contributed by atoms with Crippen molar-refractivity contribution >= 4 is 23.4 Å². The van der Waals surface area contributed by atoms with Crippen molar-refractivity contribution in [2.45, 2.75) is 25.9 Å². The lowest BCUT2D eigenvalue weighted by Gasteiger charge is -2.15. The van der Waals surface area contributed by atoms with Crippen LogP contribution in [0.5, 0.6) is 0 Å². The van der Waals surface area contributed by atoms with Gasteiger partial charge >= 0.3 is 5.69 Å². The van der Waals surface area contributed by atoms with Crippen molar-refractivity contribution in [2.75, 3.05) is 17.6 Å². The molecule has 130 valence electrons. The van der Waals surface area contributed by atoms with E-state index in [1.165, 1.54) is 0 Å². The molecule has 3 N–H and O–H groups in total. The Morgan fingerprint density at radius 1 is 1.28 bits per heavy atom. The highest BCUT2D eigenvalue weighted by molar-refractivity contribution is 5.78. The number of aromatic nitrogens is 2. The molecular weight excluding hydrogens is 324 g/mol. The number of carbonyl (C=O) groups excluding carboxylic acids is 1. The summed E-state index contributed by atoms with van der Waals surface area (Å²) in [5.74, 6) is 0.265. The number of nitrogens with two attached hydrogens (primary N) is 1. The van der Waals surface area contributed by atoms with Crippen molar-refractivity contribution < 1.29 is 9.72 Å². The summed E-state index contributed by atoms with van der Waals surface area (Å²) >= 11 is 0. The van der Waals surface area contributed by atoms with Gasteiger partial charge in [0.25, 0.3) is 0 Å². The van der Waals surface area contributed by atoms with Crippen LogP contribution in [0.1, 0.15) is 24.0 Å². The maximum absolute atomic E-state index is 11.6. The molecule has 3 rings (SSSR count). The maximum Gasteiger partial charge on any atom is 0.329 e. The number of benzene rings is 1. The molecule has 2 aromatic rings. The number of likely N-dealkylation sites (tertiary alicyclic amines) is 1. The summed E-state index contributed by atoms with van der Waals surface area (Å²) in [5, 5.41) is 13.7. The standard InChI is InChI=1S/C16H18N6O3/c17-15-13(22(24)25)9-19-16(20-15)18-8-11-3-5-12(6-4-11)10-21-7-1-2-14(21)23/h3-6,9H,1-2,7-8,10H2,(H3,17,18,19,20). The van der Waals surface area contributed by atoms with Crippen molar-refractivity contribution in [3.8, 4) is 0 Å². The van der Waals surface area contributed by atoms with E-state index in [0.717, 1.165) is 30.3 Å². The Kier molecular flexibility index (Phi) is 4.73. The second-order valence-electron chi connectivity index (χ2n) is 5.81. The predicted octanol–water partition coefficient (Wildman–Crippen LogP) is 1.70. The smallest absolute Gasteiger partial charge is 0.329 e. The molecule has 25 heavy (non-hydrogen) atoms. The van der Waals surface area contributed by atoms with E-state index in [1.54, 1.807) is 0 Å². The van der Waals surface area contributed by atoms with Crippen LogP contribution in [0.25, 0.3) is 0 Å². The summed E-state index contributed by atoms with van der Waals surface area (Å²) in [6.45, 7) is 1.91. The molecule has 9 nitrogen and oxygen atoms in total. The van der Waals surface area contributed by atoms with Crippen molar-refractivity contribution in [3.05, 3.63) is 51.7 Å².